The summed E-state index contributed by atoms with van der Waals surface area (Å²) in [5.41, 5.74) is 10.0. The van der Waals surface area contributed by atoms with Crippen LogP contribution in [0, 0.1) is 21.4 Å². The number of benzene rings is 6. The van der Waals surface area contributed by atoms with Gasteiger partial charge in [0.1, 0.15) is 11.5 Å². The molecule has 0 radical (unpaired) electrons. The zero-order valence-electron chi connectivity index (χ0n) is 26.5. The summed E-state index contributed by atoms with van der Waals surface area (Å²) in [6.07, 6.45) is -8.74. The highest BCUT2D eigenvalue weighted by molar-refractivity contribution is 14.1. The lowest BCUT2D eigenvalue weighted by molar-refractivity contribution is -0.276. The van der Waals surface area contributed by atoms with Crippen molar-refractivity contribution in [1.29, 1.82) is 0 Å². The van der Waals surface area contributed by atoms with E-state index in [1.807, 2.05) is 93.7 Å². The third-order valence-electron chi connectivity index (χ3n) is 8.09. The molecule has 14 heteroatoms. The van der Waals surface area contributed by atoms with Gasteiger partial charge in [0.05, 0.1) is 7.14 Å². The van der Waals surface area contributed by atoms with Crippen LogP contribution in [0.15, 0.2) is 109 Å². The number of hydrogen-bond acceptors (Lipinski definition) is 2. The molecule has 0 heterocycles. The Morgan fingerprint density at radius 3 is 1.02 bits per heavy atom. The topological polar surface area (TPSA) is 18.5 Å². The molecule has 53 heavy (non-hydrogen) atoms. The molecule has 0 bridgehead atoms. The number of alkyl halides is 6. The summed E-state index contributed by atoms with van der Waals surface area (Å²) in [4.78, 5) is 0. The first-order valence-corrected chi connectivity index (χ1v) is 21.7. The third kappa shape index (κ3) is 10.3. The fourth-order valence-corrected chi connectivity index (χ4v) is 9.63. The van der Waals surface area contributed by atoms with Crippen molar-refractivity contribution in [3.05, 3.63) is 142 Å². The normalized spacial score (nSPS) is 11.8. The van der Waals surface area contributed by atoms with E-state index in [0.29, 0.717) is 14.3 Å². The van der Waals surface area contributed by atoms with Crippen molar-refractivity contribution in [3.63, 3.8) is 0 Å². The Morgan fingerprint density at radius 1 is 0.377 bits per heavy atom. The highest BCUT2D eigenvalue weighted by Gasteiger charge is 2.33. The maximum Gasteiger partial charge on any atom is 0.573 e. The average molecular weight is 1400 g/mol. The van der Waals surface area contributed by atoms with Crippen molar-refractivity contribution in [2.24, 2.45) is 0 Å². The Hall–Kier alpha value is -1.12. The molecular formula is C39H20F6I6O2. The zero-order chi connectivity index (χ0) is 38.2. The van der Waals surface area contributed by atoms with E-state index in [0.717, 1.165) is 58.1 Å². The van der Waals surface area contributed by atoms with Gasteiger partial charge in [0, 0.05) is 14.3 Å². The minimum absolute atomic E-state index is 0.214. The van der Waals surface area contributed by atoms with Crippen LogP contribution in [0.2, 0.25) is 0 Å². The summed E-state index contributed by atoms with van der Waals surface area (Å²) >= 11 is 12.6. The van der Waals surface area contributed by atoms with Crippen LogP contribution < -0.4 is 9.47 Å². The summed E-state index contributed by atoms with van der Waals surface area (Å²) in [6, 6.07) is 34.8. The van der Waals surface area contributed by atoms with Crippen LogP contribution in [0.4, 0.5) is 26.3 Å². The Bertz CT molecular complexity index is 2150. The predicted octanol–water partition coefficient (Wildman–Crippen LogP) is 15.4. The van der Waals surface area contributed by atoms with Crippen LogP contribution in [0.25, 0.3) is 44.5 Å². The summed E-state index contributed by atoms with van der Waals surface area (Å²) in [5.74, 6) is -0.428. The van der Waals surface area contributed by atoms with Crippen LogP contribution >= 0.6 is 136 Å². The average Bonchev–Trinajstić information content (AvgIpc) is 3.10. The second-order valence-electron chi connectivity index (χ2n) is 11.5. The molecule has 0 aliphatic carbocycles. The van der Waals surface area contributed by atoms with Gasteiger partial charge in [-0.1, -0.05) is 72.8 Å². The quantitative estimate of drug-likeness (QED) is 0.112. The molecule has 0 atom stereocenters. The standard InChI is InChI=1S/C39H20F6I6O2/c40-38(41,42)52-32-15-13-28(34(48)36(32)50)22-5-1-20(2-6-22)24-9-11-26(30(46)18-24)17-27-12-10-25(19-31(27)47)21-3-7-23(8-4-21)29-14-16-33(37(51)35(29)49)53-39(43,44)45/h1-16,18-19H,17H2. The van der Waals surface area contributed by atoms with Crippen molar-refractivity contribution in [2.45, 2.75) is 19.1 Å². The maximum absolute atomic E-state index is 12.8. The Kier molecular flexibility index (Phi) is 13.4. The molecule has 0 aliphatic heterocycles. The van der Waals surface area contributed by atoms with Crippen molar-refractivity contribution >= 4 is 136 Å². The lowest BCUT2D eigenvalue weighted by Gasteiger charge is -2.15. The molecular weight excluding hydrogens is 1380 g/mol. The molecule has 2 nitrogen and oxygen atoms in total. The SMILES string of the molecule is FC(F)(F)Oc1ccc(-c2ccc(-c3ccc(Cc4ccc(-c5ccc(-c6ccc(OC(F)(F)F)c(I)c6I)cc5)cc4I)c(I)c3)cc2)c(I)c1I. The van der Waals surface area contributed by atoms with E-state index >= 15 is 0 Å². The molecule has 0 aromatic heterocycles. The molecule has 0 unspecified atom stereocenters. The van der Waals surface area contributed by atoms with E-state index in [4.69, 9.17) is 0 Å². The first-order chi connectivity index (χ1) is 25.0. The number of rotatable bonds is 8. The third-order valence-corrected chi connectivity index (χ3v) is 16.5. The van der Waals surface area contributed by atoms with E-state index in [2.05, 4.69) is 136 Å². The van der Waals surface area contributed by atoms with Gasteiger partial charge in [-0.05, 0) is 234 Å². The van der Waals surface area contributed by atoms with E-state index in [-0.39, 0.29) is 11.5 Å². The lowest BCUT2D eigenvalue weighted by atomic mass is 9.96. The smallest absolute Gasteiger partial charge is 0.405 e. The zero-order valence-corrected chi connectivity index (χ0v) is 39.4. The van der Waals surface area contributed by atoms with Crippen molar-refractivity contribution < 1.29 is 35.8 Å². The van der Waals surface area contributed by atoms with Gasteiger partial charge in [-0.25, -0.2) is 0 Å². The van der Waals surface area contributed by atoms with Crippen LogP contribution in [-0.4, -0.2) is 12.7 Å². The molecule has 0 amide bonds. The van der Waals surface area contributed by atoms with Gasteiger partial charge in [0.15, 0.2) is 0 Å². The Balaban J connectivity index is 1.14. The van der Waals surface area contributed by atoms with Crippen molar-refractivity contribution in [2.75, 3.05) is 0 Å². The monoisotopic (exact) mass is 1400 g/mol. The first kappa shape index (κ1) is 41.5. The Labute approximate surface area is 383 Å². The minimum Gasteiger partial charge on any atom is -0.405 e. The van der Waals surface area contributed by atoms with Gasteiger partial charge < -0.3 is 9.47 Å². The fraction of sp³-hybridized carbons (Fsp3) is 0.0769. The molecule has 0 aliphatic rings. The molecule has 6 aromatic rings. The van der Waals surface area contributed by atoms with Gasteiger partial charge in [-0.15, -0.1) is 26.3 Å². The van der Waals surface area contributed by atoms with Crippen LogP contribution in [-0.2, 0) is 6.42 Å². The van der Waals surface area contributed by atoms with Crippen molar-refractivity contribution in [1.82, 2.24) is 0 Å². The van der Waals surface area contributed by atoms with E-state index in [1.165, 1.54) is 23.3 Å². The lowest BCUT2D eigenvalue weighted by Crippen LogP contribution is -2.18. The van der Waals surface area contributed by atoms with Crippen LogP contribution in [0.5, 0.6) is 11.5 Å². The molecule has 6 aromatic carbocycles. The largest absolute Gasteiger partial charge is 0.573 e. The van der Waals surface area contributed by atoms with Gasteiger partial charge in [0.25, 0.3) is 0 Å². The highest BCUT2D eigenvalue weighted by Crippen LogP contribution is 2.39. The first-order valence-electron chi connectivity index (χ1n) is 15.2. The van der Waals surface area contributed by atoms with Crippen LogP contribution in [0.3, 0.4) is 0 Å². The number of hydrogen-bond donors (Lipinski definition) is 0. The van der Waals surface area contributed by atoms with E-state index in [9.17, 15) is 26.3 Å². The molecule has 6 rings (SSSR count). The summed E-state index contributed by atoms with van der Waals surface area (Å²) in [5, 5.41) is 0. The number of halogens is 12. The van der Waals surface area contributed by atoms with Gasteiger partial charge in [-0.3, -0.25) is 0 Å². The molecule has 0 saturated heterocycles. The molecule has 0 N–H and O–H groups in total. The van der Waals surface area contributed by atoms with Gasteiger partial charge >= 0.3 is 12.7 Å². The maximum atomic E-state index is 12.8. The van der Waals surface area contributed by atoms with Gasteiger partial charge in [0.2, 0.25) is 0 Å². The second kappa shape index (κ2) is 17.2. The van der Waals surface area contributed by atoms with E-state index in [1.54, 1.807) is 12.1 Å². The van der Waals surface area contributed by atoms with Crippen LogP contribution in [0.1, 0.15) is 11.1 Å². The summed E-state index contributed by atoms with van der Waals surface area (Å²) < 4.78 is 89.5. The number of ether oxygens (including phenoxy) is 2. The predicted molar refractivity (Wildman–Crippen MR) is 247 cm³/mol. The molecule has 272 valence electrons. The summed E-state index contributed by atoms with van der Waals surface area (Å²) in [7, 11) is 0. The fourth-order valence-electron chi connectivity index (χ4n) is 5.55. The molecule has 0 fully saturated rings. The van der Waals surface area contributed by atoms with E-state index < -0.39 is 12.7 Å². The molecule has 0 saturated carbocycles. The van der Waals surface area contributed by atoms with Gasteiger partial charge in [-0.2, -0.15) is 0 Å². The molecule has 0 spiro atoms. The summed E-state index contributed by atoms with van der Waals surface area (Å²) in [6.45, 7) is 0. The Morgan fingerprint density at radius 2 is 0.698 bits per heavy atom. The second-order valence-corrected chi connectivity index (χ2v) is 18.2. The van der Waals surface area contributed by atoms with Crippen molar-refractivity contribution in [3.8, 4) is 56.0 Å². The minimum atomic E-state index is -4.75. The highest BCUT2D eigenvalue weighted by atomic mass is 127.